The lowest BCUT2D eigenvalue weighted by molar-refractivity contribution is -0.154. The van der Waals surface area contributed by atoms with Gasteiger partial charge in [0.05, 0.1) is 6.61 Å². The van der Waals surface area contributed by atoms with Crippen LogP contribution in [0, 0.1) is 0 Å². The van der Waals surface area contributed by atoms with E-state index in [1.165, 1.54) is 13.8 Å². The third-order valence-corrected chi connectivity index (χ3v) is 0.927. The molecule has 0 aliphatic rings. The fourth-order valence-corrected chi connectivity index (χ4v) is 0.449. The van der Waals surface area contributed by atoms with Crippen LogP contribution < -0.4 is 0 Å². The highest BCUT2D eigenvalue weighted by molar-refractivity contribution is 5.83. The summed E-state index contributed by atoms with van der Waals surface area (Å²) in [5.41, 5.74) is 0. The largest absolute Gasteiger partial charge is 0.452 e. The second-order valence-corrected chi connectivity index (χ2v) is 1.89. The molecule has 58 valence electrons. The summed E-state index contributed by atoms with van der Waals surface area (Å²) in [6, 6.07) is 0. The summed E-state index contributed by atoms with van der Waals surface area (Å²) in [6.07, 6.45) is -0.988. The molecule has 0 fully saturated rings. The Morgan fingerprint density at radius 2 is 2.00 bits per heavy atom. The van der Waals surface area contributed by atoms with E-state index in [1.807, 2.05) is 0 Å². The van der Waals surface area contributed by atoms with Gasteiger partial charge in [-0.1, -0.05) is 0 Å². The molecule has 1 N–H and O–H groups in total. The molecule has 10 heavy (non-hydrogen) atoms. The third-order valence-electron chi connectivity index (χ3n) is 0.927. The molecule has 0 radical (unpaired) electrons. The Hall–Kier alpha value is -0.900. The van der Waals surface area contributed by atoms with Crippen LogP contribution in [0.3, 0.4) is 0 Å². The van der Waals surface area contributed by atoms with E-state index >= 15 is 0 Å². The fraction of sp³-hybridized carbons (Fsp3) is 0.667. The lowest BCUT2D eigenvalue weighted by atomic mass is 10.3. The normalized spacial score (nSPS) is 12.3. The van der Waals surface area contributed by atoms with Crippen LogP contribution in [0.25, 0.3) is 0 Å². The number of ketones is 1. The third kappa shape index (κ3) is 3.19. The Bertz CT molecular complexity index is 141. The minimum Gasteiger partial charge on any atom is -0.452 e. The molecule has 4 heteroatoms. The first kappa shape index (κ1) is 9.10. The Morgan fingerprint density at radius 3 is 2.10 bits per heavy atom. The van der Waals surface area contributed by atoms with Crippen molar-refractivity contribution in [3.8, 4) is 0 Å². The second kappa shape index (κ2) is 4.00. The van der Waals surface area contributed by atoms with Crippen molar-refractivity contribution >= 4 is 11.8 Å². The zero-order valence-electron chi connectivity index (χ0n) is 5.96. The van der Waals surface area contributed by atoms with Crippen molar-refractivity contribution < 1.29 is 19.4 Å². The lowest BCUT2D eigenvalue weighted by Gasteiger charge is -2.09. The van der Waals surface area contributed by atoms with E-state index in [-0.39, 0.29) is 5.78 Å². The molecule has 0 amide bonds. The highest BCUT2D eigenvalue weighted by Gasteiger charge is 2.14. The van der Waals surface area contributed by atoms with Crippen LogP contribution >= 0.6 is 0 Å². The van der Waals surface area contributed by atoms with E-state index in [0.29, 0.717) is 0 Å². The van der Waals surface area contributed by atoms with Crippen molar-refractivity contribution in [2.45, 2.75) is 20.0 Å². The van der Waals surface area contributed by atoms with Crippen LogP contribution in [-0.4, -0.2) is 29.6 Å². The van der Waals surface area contributed by atoms with E-state index in [1.54, 1.807) is 0 Å². The molecule has 0 aromatic carbocycles. The van der Waals surface area contributed by atoms with Crippen LogP contribution in [0.1, 0.15) is 13.8 Å². The number of hydrogen-bond donors (Lipinski definition) is 1. The van der Waals surface area contributed by atoms with Gasteiger partial charge in [0.15, 0.2) is 11.9 Å². The van der Waals surface area contributed by atoms with Gasteiger partial charge in [0.1, 0.15) is 0 Å². The second-order valence-electron chi connectivity index (χ2n) is 1.89. The zero-order chi connectivity index (χ0) is 8.15. The molecule has 0 saturated carbocycles. The Morgan fingerprint density at radius 1 is 1.50 bits per heavy atom. The molecule has 4 nitrogen and oxygen atoms in total. The Balaban J connectivity index is 3.83. The highest BCUT2D eigenvalue weighted by Crippen LogP contribution is 1.92. The number of carbonyl (C=O) groups is 2. The Labute approximate surface area is 58.8 Å². The van der Waals surface area contributed by atoms with Crippen LogP contribution in [0.2, 0.25) is 0 Å². The lowest BCUT2D eigenvalue weighted by Crippen LogP contribution is -2.27. The first-order chi connectivity index (χ1) is 4.57. The quantitative estimate of drug-likeness (QED) is 0.545. The van der Waals surface area contributed by atoms with Crippen LogP contribution in [0.4, 0.5) is 0 Å². The molecule has 0 aromatic heterocycles. The molecule has 1 unspecified atom stereocenters. The molecular formula is C6H10O4. The molecule has 1 atom stereocenters. The van der Waals surface area contributed by atoms with Gasteiger partial charge in [-0.05, 0) is 6.92 Å². The predicted octanol–water partition coefficient (Wildman–Crippen LogP) is -0.501. The number of hydrogen-bond acceptors (Lipinski definition) is 4. The number of rotatable bonds is 3. The molecule has 0 saturated heterocycles. The SMILES string of the molecule is CC(=O)OC(CO)C(C)=O. The average Bonchev–Trinajstić information content (AvgIpc) is 1.81. The summed E-state index contributed by atoms with van der Waals surface area (Å²) in [7, 11) is 0. The number of aliphatic hydroxyl groups excluding tert-OH is 1. The fourth-order valence-electron chi connectivity index (χ4n) is 0.449. The van der Waals surface area contributed by atoms with Crippen molar-refractivity contribution in [1.82, 2.24) is 0 Å². The van der Waals surface area contributed by atoms with Crippen molar-refractivity contribution in [3.05, 3.63) is 0 Å². The van der Waals surface area contributed by atoms with Crippen molar-refractivity contribution in [3.63, 3.8) is 0 Å². The molecule has 0 spiro atoms. The molecule has 0 aromatic rings. The van der Waals surface area contributed by atoms with Gasteiger partial charge in [0.25, 0.3) is 0 Å². The summed E-state index contributed by atoms with van der Waals surface area (Å²) in [4.78, 5) is 20.7. The maximum atomic E-state index is 10.5. The van der Waals surface area contributed by atoms with Crippen LogP contribution in [0.15, 0.2) is 0 Å². The summed E-state index contributed by atoms with van der Waals surface area (Å²) in [5, 5.41) is 8.45. The number of carbonyl (C=O) groups excluding carboxylic acids is 2. The summed E-state index contributed by atoms with van der Waals surface area (Å²) < 4.78 is 4.42. The summed E-state index contributed by atoms with van der Waals surface area (Å²) in [6.45, 7) is 1.99. The van der Waals surface area contributed by atoms with Gasteiger partial charge in [0.2, 0.25) is 0 Å². The van der Waals surface area contributed by atoms with Gasteiger partial charge in [0, 0.05) is 6.92 Å². The molecule has 0 aliphatic heterocycles. The first-order valence-corrected chi connectivity index (χ1v) is 2.86. The number of esters is 1. The number of ether oxygens (including phenoxy) is 1. The van der Waals surface area contributed by atoms with E-state index in [4.69, 9.17) is 5.11 Å². The number of aliphatic hydroxyl groups is 1. The molecule has 0 heterocycles. The smallest absolute Gasteiger partial charge is 0.303 e. The molecular weight excluding hydrogens is 136 g/mol. The Kier molecular flexibility index (Phi) is 3.64. The maximum absolute atomic E-state index is 10.5. The van der Waals surface area contributed by atoms with E-state index in [9.17, 15) is 9.59 Å². The minimum absolute atomic E-state index is 0.349. The average molecular weight is 146 g/mol. The minimum atomic E-state index is -0.988. The van der Waals surface area contributed by atoms with Gasteiger partial charge >= 0.3 is 5.97 Å². The van der Waals surface area contributed by atoms with Crippen LogP contribution in [0.5, 0.6) is 0 Å². The standard InChI is InChI=1S/C6H10O4/c1-4(8)6(3-7)10-5(2)9/h6-7H,3H2,1-2H3. The zero-order valence-corrected chi connectivity index (χ0v) is 5.96. The van der Waals surface area contributed by atoms with Gasteiger partial charge in [-0.2, -0.15) is 0 Å². The van der Waals surface area contributed by atoms with Gasteiger partial charge in [-0.25, -0.2) is 0 Å². The van der Waals surface area contributed by atoms with E-state index in [0.717, 1.165) is 0 Å². The number of Topliss-reactive ketones (excluding diaryl/α,β-unsaturated/α-hetero) is 1. The summed E-state index contributed by atoms with van der Waals surface area (Å²) >= 11 is 0. The topological polar surface area (TPSA) is 63.6 Å². The highest BCUT2D eigenvalue weighted by atomic mass is 16.6. The summed E-state index contributed by atoms with van der Waals surface area (Å²) in [5.74, 6) is -0.910. The van der Waals surface area contributed by atoms with Crippen LogP contribution in [-0.2, 0) is 14.3 Å². The predicted molar refractivity (Wildman–Crippen MR) is 33.3 cm³/mol. The van der Waals surface area contributed by atoms with E-state index < -0.39 is 18.7 Å². The van der Waals surface area contributed by atoms with Crippen molar-refractivity contribution in [1.29, 1.82) is 0 Å². The molecule has 0 bridgehead atoms. The van der Waals surface area contributed by atoms with Gasteiger partial charge < -0.3 is 9.84 Å². The molecule has 0 rings (SSSR count). The van der Waals surface area contributed by atoms with Gasteiger partial charge in [-0.15, -0.1) is 0 Å². The maximum Gasteiger partial charge on any atom is 0.303 e. The molecule has 0 aliphatic carbocycles. The van der Waals surface area contributed by atoms with E-state index in [2.05, 4.69) is 4.74 Å². The van der Waals surface area contributed by atoms with Crippen molar-refractivity contribution in [2.75, 3.05) is 6.61 Å². The first-order valence-electron chi connectivity index (χ1n) is 2.86. The monoisotopic (exact) mass is 146 g/mol. The van der Waals surface area contributed by atoms with Crippen molar-refractivity contribution in [2.24, 2.45) is 0 Å². The van der Waals surface area contributed by atoms with Gasteiger partial charge in [-0.3, -0.25) is 9.59 Å².